The first kappa shape index (κ1) is 10.7. The lowest BCUT2D eigenvalue weighted by Gasteiger charge is -2.22. The van der Waals surface area contributed by atoms with E-state index in [1.165, 1.54) is 12.8 Å². The minimum Gasteiger partial charge on any atom is -0.465 e. The van der Waals surface area contributed by atoms with Crippen LogP contribution in [-0.4, -0.2) is 31.6 Å². The summed E-state index contributed by atoms with van der Waals surface area (Å²) in [6, 6.07) is 5.21. The molecule has 1 aliphatic carbocycles. The Balaban J connectivity index is 1.97. The van der Waals surface area contributed by atoms with Crippen molar-refractivity contribution in [1.29, 1.82) is 0 Å². The Hall–Kier alpha value is -0.800. The summed E-state index contributed by atoms with van der Waals surface area (Å²) in [4.78, 5) is 2.20. The summed E-state index contributed by atoms with van der Waals surface area (Å²) in [5.74, 6) is 2.05. The van der Waals surface area contributed by atoms with Gasteiger partial charge < -0.3 is 9.73 Å². The predicted molar refractivity (Wildman–Crippen MR) is 60.9 cm³/mol. The van der Waals surface area contributed by atoms with Gasteiger partial charge in [-0.15, -0.1) is 0 Å². The van der Waals surface area contributed by atoms with Gasteiger partial charge in [0, 0.05) is 12.6 Å². The highest BCUT2D eigenvalue weighted by Crippen LogP contribution is 2.23. The van der Waals surface area contributed by atoms with E-state index >= 15 is 0 Å². The number of aryl methyl sites for hydroxylation is 1. The van der Waals surface area contributed by atoms with Gasteiger partial charge in [0.25, 0.3) is 0 Å². The van der Waals surface area contributed by atoms with Crippen molar-refractivity contribution in [3.8, 4) is 0 Å². The van der Waals surface area contributed by atoms with Crippen LogP contribution in [0.2, 0.25) is 0 Å². The second-order valence-corrected chi connectivity index (χ2v) is 4.61. The smallest absolute Gasteiger partial charge is 0.122 e. The summed E-state index contributed by atoms with van der Waals surface area (Å²) in [5, 5.41) is 3.54. The molecule has 1 aromatic heterocycles. The molecule has 0 aliphatic heterocycles. The number of likely N-dealkylation sites (N-methyl/N-ethyl adjacent to an activating group) is 1. The molecule has 15 heavy (non-hydrogen) atoms. The minimum atomic E-state index is 0.347. The molecular formula is C12H20N2O. The van der Waals surface area contributed by atoms with Crippen LogP contribution in [-0.2, 0) is 0 Å². The molecule has 1 aliphatic rings. The van der Waals surface area contributed by atoms with Crippen molar-refractivity contribution in [3.05, 3.63) is 23.7 Å². The van der Waals surface area contributed by atoms with Crippen LogP contribution in [0.3, 0.4) is 0 Å². The molecule has 1 atom stereocenters. The SMILES string of the molecule is Cc1ccc(C(CNC2CC2)N(C)C)o1. The van der Waals surface area contributed by atoms with E-state index in [0.717, 1.165) is 24.1 Å². The quantitative estimate of drug-likeness (QED) is 0.801. The Morgan fingerprint density at radius 3 is 2.67 bits per heavy atom. The van der Waals surface area contributed by atoms with Crippen molar-refractivity contribution in [2.75, 3.05) is 20.6 Å². The van der Waals surface area contributed by atoms with Gasteiger partial charge in [-0.3, -0.25) is 4.90 Å². The summed E-state index contributed by atoms with van der Waals surface area (Å²) in [5.41, 5.74) is 0. The monoisotopic (exact) mass is 208 g/mol. The fourth-order valence-electron chi connectivity index (χ4n) is 1.74. The molecule has 0 aromatic carbocycles. The normalized spacial score (nSPS) is 18.4. The lowest BCUT2D eigenvalue weighted by molar-refractivity contribution is 0.247. The summed E-state index contributed by atoms with van der Waals surface area (Å²) >= 11 is 0. The maximum atomic E-state index is 5.68. The first-order valence-corrected chi connectivity index (χ1v) is 5.63. The molecule has 0 saturated heterocycles. The first-order chi connectivity index (χ1) is 7.16. The first-order valence-electron chi connectivity index (χ1n) is 5.63. The Bertz CT molecular complexity index is 315. The van der Waals surface area contributed by atoms with Crippen molar-refractivity contribution in [2.45, 2.75) is 31.8 Å². The van der Waals surface area contributed by atoms with Crippen LogP contribution in [0.15, 0.2) is 16.5 Å². The minimum absolute atomic E-state index is 0.347. The van der Waals surface area contributed by atoms with Crippen molar-refractivity contribution in [3.63, 3.8) is 0 Å². The zero-order valence-corrected chi connectivity index (χ0v) is 9.79. The molecule has 84 valence electrons. The second-order valence-electron chi connectivity index (χ2n) is 4.61. The summed E-state index contributed by atoms with van der Waals surface area (Å²) < 4.78 is 5.68. The van der Waals surface area contributed by atoms with Crippen molar-refractivity contribution < 1.29 is 4.42 Å². The van der Waals surface area contributed by atoms with Gasteiger partial charge in [-0.1, -0.05) is 0 Å². The maximum absolute atomic E-state index is 5.68. The average Bonchev–Trinajstić information content (AvgIpc) is 2.89. The molecule has 1 aromatic rings. The fourth-order valence-corrected chi connectivity index (χ4v) is 1.74. The number of rotatable bonds is 5. The molecule has 1 saturated carbocycles. The van der Waals surface area contributed by atoms with Gasteiger partial charge in [0.1, 0.15) is 11.5 Å². The van der Waals surface area contributed by atoms with Gasteiger partial charge >= 0.3 is 0 Å². The van der Waals surface area contributed by atoms with Gasteiger partial charge in [0.05, 0.1) is 6.04 Å². The molecule has 0 bridgehead atoms. The number of hydrogen-bond donors (Lipinski definition) is 1. The topological polar surface area (TPSA) is 28.4 Å². The molecule has 1 N–H and O–H groups in total. The van der Waals surface area contributed by atoms with E-state index in [0.29, 0.717) is 6.04 Å². The highest BCUT2D eigenvalue weighted by atomic mass is 16.3. The fraction of sp³-hybridized carbons (Fsp3) is 0.667. The highest BCUT2D eigenvalue weighted by molar-refractivity contribution is 5.10. The zero-order chi connectivity index (χ0) is 10.8. The highest BCUT2D eigenvalue weighted by Gasteiger charge is 2.24. The van der Waals surface area contributed by atoms with Gasteiger partial charge in [0.15, 0.2) is 0 Å². The van der Waals surface area contributed by atoms with Crippen molar-refractivity contribution >= 4 is 0 Å². The van der Waals surface area contributed by atoms with Gasteiger partial charge in [-0.2, -0.15) is 0 Å². The van der Waals surface area contributed by atoms with Crippen LogP contribution in [0.4, 0.5) is 0 Å². The lowest BCUT2D eigenvalue weighted by atomic mass is 10.2. The molecule has 0 radical (unpaired) electrons. The standard InChI is InChI=1S/C12H20N2O/c1-9-4-7-12(15-9)11(14(2)3)8-13-10-5-6-10/h4,7,10-11,13H,5-6,8H2,1-3H3. The number of furan rings is 1. The molecule has 1 heterocycles. The van der Waals surface area contributed by atoms with Crippen LogP contribution in [0, 0.1) is 6.92 Å². The van der Waals surface area contributed by atoms with E-state index in [2.05, 4.69) is 30.4 Å². The van der Waals surface area contributed by atoms with Crippen LogP contribution in [0.1, 0.15) is 30.4 Å². The van der Waals surface area contributed by atoms with Crippen LogP contribution in [0.5, 0.6) is 0 Å². The molecule has 3 heteroatoms. The number of nitrogens with one attached hydrogen (secondary N) is 1. The Morgan fingerprint density at radius 1 is 1.47 bits per heavy atom. The third-order valence-electron chi connectivity index (χ3n) is 2.89. The van der Waals surface area contributed by atoms with Crippen molar-refractivity contribution in [1.82, 2.24) is 10.2 Å². The Kier molecular flexibility index (Phi) is 3.12. The average molecular weight is 208 g/mol. The Labute approximate surface area is 91.4 Å². The van der Waals surface area contributed by atoms with Gasteiger partial charge in [-0.25, -0.2) is 0 Å². The lowest BCUT2D eigenvalue weighted by Crippen LogP contribution is -2.31. The van der Waals surface area contributed by atoms with Gasteiger partial charge in [-0.05, 0) is 46.0 Å². The van der Waals surface area contributed by atoms with E-state index in [4.69, 9.17) is 4.42 Å². The zero-order valence-electron chi connectivity index (χ0n) is 9.79. The largest absolute Gasteiger partial charge is 0.465 e. The van der Waals surface area contributed by atoms with E-state index in [1.54, 1.807) is 0 Å². The Morgan fingerprint density at radius 2 is 2.20 bits per heavy atom. The maximum Gasteiger partial charge on any atom is 0.122 e. The van der Waals surface area contributed by atoms with Crippen LogP contribution >= 0.6 is 0 Å². The molecular weight excluding hydrogens is 188 g/mol. The second kappa shape index (κ2) is 4.37. The van der Waals surface area contributed by atoms with Crippen molar-refractivity contribution in [2.24, 2.45) is 0 Å². The van der Waals surface area contributed by atoms with Gasteiger partial charge in [0.2, 0.25) is 0 Å². The van der Waals surface area contributed by atoms with E-state index in [1.807, 2.05) is 13.0 Å². The van der Waals surface area contributed by atoms with E-state index in [-0.39, 0.29) is 0 Å². The molecule has 3 nitrogen and oxygen atoms in total. The summed E-state index contributed by atoms with van der Waals surface area (Å²) in [6.45, 7) is 2.97. The van der Waals surface area contributed by atoms with Crippen LogP contribution < -0.4 is 5.32 Å². The molecule has 0 spiro atoms. The van der Waals surface area contributed by atoms with Crippen LogP contribution in [0.25, 0.3) is 0 Å². The third kappa shape index (κ3) is 2.83. The predicted octanol–water partition coefficient (Wildman–Crippen LogP) is 1.94. The summed E-state index contributed by atoms with van der Waals surface area (Å²) in [6.07, 6.45) is 2.66. The van der Waals surface area contributed by atoms with E-state index < -0.39 is 0 Å². The van der Waals surface area contributed by atoms with E-state index in [9.17, 15) is 0 Å². The number of nitrogens with zero attached hydrogens (tertiary/aromatic N) is 1. The molecule has 2 rings (SSSR count). The molecule has 1 fully saturated rings. The summed E-state index contributed by atoms with van der Waals surface area (Å²) in [7, 11) is 4.19. The third-order valence-corrected chi connectivity index (χ3v) is 2.89. The molecule has 1 unspecified atom stereocenters. The number of hydrogen-bond acceptors (Lipinski definition) is 3. The molecule has 0 amide bonds.